The van der Waals surface area contributed by atoms with Gasteiger partial charge in [0.15, 0.2) is 11.6 Å². The lowest BCUT2D eigenvalue weighted by Crippen LogP contribution is -2.58. The molecule has 0 aromatic rings. The molecule has 1 spiro atoms. The number of rotatable bonds is 4. The second kappa shape index (κ2) is 3.94. The summed E-state index contributed by atoms with van der Waals surface area (Å²) in [4.78, 5) is 24.6. The van der Waals surface area contributed by atoms with Gasteiger partial charge in [-0.3, -0.25) is 9.59 Å². The van der Waals surface area contributed by atoms with Gasteiger partial charge < -0.3 is 0 Å². The van der Waals surface area contributed by atoms with Gasteiger partial charge in [0.2, 0.25) is 0 Å². The van der Waals surface area contributed by atoms with E-state index in [9.17, 15) is 9.59 Å². The van der Waals surface area contributed by atoms with Crippen molar-refractivity contribution in [3.63, 3.8) is 0 Å². The van der Waals surface area contributed by atoms with E-state index in [0.29, 0.717) is 0 Å². The maximum atomic E-state index is 12.3. The molecule has 92 valence electrons. The van der Waals surface area contributed by atoms with Gasteiger partial charge in [-0.2, -0.15) is 0 Å². The third kappa shape index (κ3) is 1.11. The number of hydrogen-bond donors (Lipinski definition) is 0. The molecule has 0 radical (unpaired) electrons. The summed E-state index contributed by atoms with van der Waals surface area (Å²) >= 11 is 0. The molecule has 2 aliphatic carbocycles. The molecule has 0 amide bonds. The van der Waals surface area contributed by atoms with Crippen LogP contribution in [0.1, 0.15) is 53.4 Å². The first-order valence-corrected chi connectivity index (χ1v) is 6.65. The molecule has 0 atom stereocenters. The standard InChI is InChI=1S/C15H20O2/c1-5-9-11(7-3)15(13(9)16)12(8-4)10(6-2)14(15)17/h5-8H2,1-4H3. The lowest BCUT2D eigenvalue weighted by molar-refractivity contribution is -0.137. The minimum atomic E-state index is -0.778. The van der Waals surface area contributed by atoms with Crippen molar-refractivity contribution in [2.24, 2.45) is 5.41 Å². The molecule has 2 aliphatic rings. The third-order valence-electron chi connectivity index (χ3n) is 4.28. The van der Waals surface area contributed by atoms with Crippen LogP contribution in [0.4, 0.5) is 0 Å². The van der Waals surface area contributed by atoms with E-state index in [1.165, 1.54) is 0 Å². The molecular formula is C15H20O2. The highest BCUT2D eigenvalue weighted by Crippen LogP contribution is 2.60. The van der Waals surface area contributed by atoms with Crippen molar-refractivity contribution in [2.45, 2.75) is 53.4 Å². The molecule has 0 saturated carbocycles. The number of Topliss-reactive ketones (excluding diaryl/α,β-unsaturated/α-hetero) is 2. The molecule has 0 fully saturated rings. The second-order valence-corrected chi connectivity index (χ2v) is 4.74. The predicted molar refractivity (Wildman–Crippen MR) is 67.7 cm³/mol. The molecule has 17 heavy (non-hydrogen) atoms. The summed E-state index contributed by atoms with van der Waals surface area (Å²) in [6.45, 7) is 8.08. The predicted octanol–water partition coefficient (Wildman–Crippen LogP) is 3.37. The lowest BCUT2D eigenvalue weighted by Gasteiger charge is -2.51. The van der Waals surface area contributed by atoms with Crippen LogP contribution in [0.2, 0.25) is 0 Å². The van der Waals surface area contributed by atoms with Gasteiger partial charge in [0.05, 0.1) is 0 Å². The first-order chi connectivity index (χ1) is 8.10. The lowest BCUT2D eigenvalue weighted by atomic mass is 9.47. The van der Waals surface area contributed by atoms with E-state index in [-0.39, 0.29) is 11.6 Å². The molecule has 0 unspecified atom stereocenters. The molecule has 0 heterocycles. The largest absolute Gasteiger partial charge is 0.293 e. The van der Waals surface area contributed by atoms with E-state index in [4.69, 9.17) is 0 Å². The average molecular weight is 232 g/mol. The van der Waals surface area contributed by atoms with Crippen molar-refractivity contribution in [3.8, 4) is 0 Å². The number of carbonyl (C=O) groups excluding carboxylic acids is 2. The molecule has 0 saturated heterocycles. The van der Waals surface area contributed by atoms with Gasteiger partial charge in [-0.1, -0.05) is 27.7 Å². The van der Waals surface area contributed by atoms with Crippen LogP contribution in [0.25, 0.3) is 0 Å². The smallest absolute Gasteiger partial charge is 0.181 e. The van der Waals surface area contributed by atoms with E-state index in [1.807, 2.05) is 27.7 Å². The van der Waals surface area contributed by atoms with Crippen LogP contribution >= 0.6 is 0 Å². The molecule has 2 rings (SSSR count). The fraction of sp³-hybridized carbons (Fsp3) is 0.600. The van der Waals surface area contributed by atoms with Crippen LogP contribution in [0, 0.1) is 5.41 Å². The quantitative estimate of drug-likeness (QED) is 0.696. The van der Waals surface area contributed by atoms with E-state index in [1.54, 1.807) is 0 Å². The van der Waals surface area contributed by atoms with Crippen molar-refractivity contribution >= 4 is 11.6 Å². The molecule has 0 bridgehead atoms. The maximum Gasteiger partial charge on any atom is 0.181 e. The fourth-order valence-electron chi connectivity index (χ4n) is 3.59. The summed E-state index contributed by atoms with van der Waals surface area (Å²) in [5.41, 5.74) is 3.23. The van der Waals surface area contributed by atoms with Crippen LogP contribution in [-0.4, -0.2) is 11.6 Å². The Morgan fingerprint density at radius 3 is 1.29 bits per heavy atom. The first kappa shape index (κ1) is 12.3. The molecule has 0 aliphatic heterocycles. The van der Waals surface area contributed by atoms with E-state index in [2.05, 4.69) is 0 Å². The zero-order valence-corrected chi connectivity index (χ0v) is 11.1. The Labute approximate surface area is 103 Å². The van der Waals surface area contributed by atoms with Gasteiger partial charge in [0, 0.05) is 0 Å². The molecule has 0 N–H and O–H groups in total. The topological polar surface area (TPSA) is 34.1 Å². The first-order valence-electron chi connectivity index (χ1n) is 6.65. The summed E-state index contributed by atoms with van der Waals surface area (Å²) in [7, 11) is 0. The minimum absolute atomic E-state index is 0.0934. The molecule has 2 heteroatoms. The summed E-state index contributed by atoms with van der Waals surface area (Å²) in [6.07, 6.45) is 3.16. The number of ketones is 2. The SMILES string of the molecule is CCC1=C(CC)C2(C1=O)C(=O)C(CC)=C2CC. The summed E-state index contributed by atoms with van der Waals surface area (Å²) < 4.78 is 0. The highest BCUT2D eigenvalue weighted by Gasteiger charge is 2.65. The molecular weight excluding hydrogens is 212 g/mol. The Kier molecular flexibility index (Phi) is 2.84. The summed E-state index contributed by atoms with van der Waals surface area (Å²) in [5.74, 6) is 0.187. The Morgan fingerprint density at radius 1 is 0.706 bits per heavy atom. The monoisotopic (exact) mass is 232 g/mol. The van der Waals surface area contributed by atoms with Gasteiger partial charge in [0.25, 0.3) is 0 Å². The number of allylic oxidation sites excluding steroid dienone is 4. The fourth-order valence-corrected chi connectivity index (χ4v) is 3.59. The summed E-state index contributed by atoms with van der Waals surface area (Å²) in [6, 6.07) is 0. The van der Waals surface area contributed by atoms with E-state index >= 15 is 0 Å². The maximum absolute atomic E-state index is 12.3. The third-order valence-corrected chi connectivity index (χ3v) is 4.28. The van der Waals surface area contributed by atoms with E-state index in [0.717, 1.165) is 48.0 Å². The second-order valence-electron chi connectivity index (χ2n) is 4.74. The van der Waals surface area contributed by atoms with Crippen LogP contribution in [0.15, 0.2) is 22.3 Å². The number of hydrogen-bond acceptors (Lipinski definition) is 2. The van der Waals surface area contributed by atoms with Gasteiger partial charge in [-0.15, -0.1) is 0 Å². The van der Waals surface area contributed by atoms with Gasteiger partial charge in [-0.25, -0.2) is 0 Å². The van der Waals surface area contributed by atoms with Crippen LogP contribution in [-0.2, 0) is 9.59 Å². The summed E-state index contributed by atoms with van der Waals surface area (Å²) in [5, 5.41) is 0. The van der Waals surface area contributed by atoms with Crippen molar-refractivity contribution < 1.29 is 9.59 Å². The van der Waals surface area contributed by atoms with Gasteiger partial charge >= 0.3 is 0 Å². The van der Waals surface area contributed by atoms with Crippen molar-refractivity contribution in [3.05, 3.63) is 22.3 Å². The minimum Gasteiger partial charge on any atom is -0.293 e. The Hall–Kier alpha value is -1.18. The zero-order valence-electron chi connectivity index (χ0n) is 11.1. The molecule has 2 nitrogen and oxygen atoms in total. The number of carbonyl (C=O) groups is 2. The van der Waals surface area contributed by atoms with Crippen molar-refractivity contribution in [2.75, 3.05) is 0 Å². The van der Waals surface area contributed by atoms with Crippen molar-refractivity contribution in [1.82, 2.24) is 0 Å². The van der Waals surface area contributed by atoms with Crippen molar-refractivity contribution in [1.29, 1.82) is 0 Å². The van der Waals surface area contributed by atoms with Crippen LogP contribution in [0.5, 0.6) is 0 Å². The van der Waals surface area contributed by atoms with Crippen LogP contribution in [0.3, 0.4) is 0 Å². The average Bonchev–Trinajstić information content (AvgIpc) is 2.33. The Bertz CT molecular complexity index is 419. The van der Waals surface area contributed by atoms with E-state index < -0.39 is 5.41 Å². The van der Waals surface area contributed by atoms with Crippen LogP contribution < -0.4 is 0 Å². The van der Waals surface area contributed by atoms with Gasteiger partial charge in [0.1, 0.15) is 5.41 Å². The molecule has 0 aromatic heterocycles. The Morgan fingerprint density at radius 2 is 1.06 bits per heavy atom. The normalized spacial score (nSPS) is 22.1. The highest BCUT2D eigenvalue weighted by atomic mass is 16.2. The molecule has 0 aromatic carbocycles. The Balaban J connectivity index is 2.56. The highest BCUT2D eigenvalue weighted by molar-refractivity contribution is 6.34. The van der Waals surface area contributed by atoms with Gasteiger partial charge in [-0.05, 0) is 48.0 Å². The zero-order chi connectivity index (χ0) is 12.8.